The van der Waals surface area contributed by atoms with Gasteiger partial charge in [0.25, 0.3) is 5.91 Å². The molecule has 2 amide bonds. The largest absolute Gasteiger partial charge is 0.326 e. The Kier molecular flexibility index (Phi) is 3.82. The molecule has 1 N–H and O–H groups in total. The SMILES string of the molecule is O=C1Nc2nc(Sc3ccccc3)sc2C(=O)N2CCCCC12. The van der Waals surface area contributed by atoms with Gasteiger partial charge in [-0.15, -0.1) is 0 Å². The van der Waals surface area contributed by atoms with E-state index in [1.165, 1.54) is 23.1 Å². The van der Waals surface area contributed by atoms with Crippen LogP contribution in [0.1, 0.15) is 28.9 Å². The monoisotopic (exact) mass is 345 g/mol. The lowest BCUT2D eigenvalue weighted by Gasteiger charge is -2.32. The standard InChI is InChI=1S/C16H15N3O2S2/c20-14-11-8-4-5-9-19(11)15(21)12-13(17-14)18-16(23-12)22-10-6-2-1-3-7-10/h1-3,6-7,11H,4-5,8-9H2,(H,17,20). The smallest absolute Gasteiger partial charge is 0.268 e. The zero-order valence-electron chi connectivity index (χ0n) is 12.3. The molecule has 0 radical (unpaired) electrons. The molecule has 23 heavy (non-hydrogen) atoms. The highest BCUT2D eigenvalue weighted by Gasteiger charge is 2.38. The van der Waals surface area contributed by atoms with Crippen LogP contribution in [0.5, 0.6) is 0 Å². The van der Waals surface area contributed by atoms with E-state index in [0.29, 0.717) is 17.2 Å². The van der Waals surface area contributed by atoms with Crippen molar-refractivity contribution in [3.8, 4) is 0 Å². The van der Waals surface area contributed by atoms with Gasteiger partial charge in [0.15, 0.2) is 10.2 Å². The maximum absolute atomic E-state index is 12.8. The number of carbonyl (C=O) groups is 2. The first kappa shape index (κ1) is 14.7. The first-order valence-corrected chi connectivity index (χ1v) is 9.21. The molecule has 3 heterocycles. The van der Waals surface area contributed by atoms with Crippen molar-refractivity contribution in [3.63, 3.8) is 0 Å². The molecule has 0 aliphatic carbocycles. The number of anilines is 1. The van der Waals surface area contributed by atoms with Gasteiger partial charge in [0.05, 0.1) is 0 Å². The van der Waals surface area contributed by atoms with Crippen LogP contribution in [0.3, 0.4) is 0 Å². The average molecular weight is 345 g/mol. The summed E-state index contributed by atoms with van der Waals surface area (Å²) >= 11 is 2.86. The van der Waals surface area contributed by atoms with E-state index in [2.05, 4.69) is 10.3 Å². The van der Waals surface area contributed by atoms with Gasteiger partial charge in [-0.25, -0.2) is 4.98 Å². The average Bonchev–Trinajstić information content (AvgIpc) is 2.93. The Bertz CT molecular complexity index is 760. The summed E-state index contributed by atoms with van der Waals surface area (Å²) in [6.07, 6.45) is 2.67. The van der Waals surface area contributed by atoms with Gasteiger partial charge in [0, 0.05) is 11.4 Å². The summed E-state index contributed by atoms with van der Waals surface area (Å²) < 4.78 is 0.769. The van der Waals surface area contributed by atoms with Crippen LogP contribution in [0, 0.1) is 0 Å². The minimum Gasteiger partial charge on any atom is -0.326 e. The maximum atomic E-state index is 12.8. The minimum absolute atomic E-state index is 0.0690. The Morgan fingerprint density at radius 2 is 2.04 bits per heavy atom. The molecule has 1 fully saturated rings. The summed E-state index contributed by atoms with van der Waals surface area (Å²) in [5.74, 6) is 0.233. The fourth-order valence-electron chi connectivity index (χ4n) is 2.94. The van der Waals surface area contributed by atoms with Crippen molar-refractivity contribution in [2.24, 2.45) is 0 Å². The number of nitrogens with one attached hydrogen (secondary N) is 1. The van der Waals surface area contributed by atoms with E-state index in [1.807, 2.05) is 30.3 Å². The molecule has 1 aromatic carbocycles. The van der Waals surface area contributed by atoms with Crippen molar-refractivity contribution in [2.75, 3.05) is 11.9 Å². The second-order valence-electron chi connectivity index (χ2n) is 5.57. The second kappa shape index (κ2) is 5.98. The number of aromatic nitrogens is 1. The number of nitrogens with zero attached hydrogens (tertiary/aromatic N) is 2. The van der Waals surface area contributed by atoms with Crippen LogP contribution in [0.25, 0.3) is 0 Å². The Labute approximate surface area is 142 Å². The number of amides is 2. The first-order chi connectivity index (χ1) is 11.2. The van der Waals surface area contributed by atoms with Crippen LogP contribution in [0.2, 0.25) is 0 Å². The molecule has 1 unspecified atom stereocenters. The van der Waals surface area contributed by atoms with Gasteiger partial charge in [-0.3, -0.25) is 9.59 Å². The molecule has 4 rings (SSSR count). The predicted molar refractivity (Wildman–Crippen MR) is 90.0 cm³/mol. The number of hydrogen-bond donors (Lipinski definition) is 1. The summed E-state index contributed by atoms with van der Waals surface area (Å²) in [6, 6.07) is 9.54. The van der Waals surface area contributed by atoms with Crippen molar-refractivity contribution in [3.05, 3.63) is 35.2 Å². The molecule has 0 bridgehead atoms. The molecule has 118 valence electrons. The Balaban J connectivity index is 1.65. The van der Waals surface area contributed by atoms with Gasteiger partial charge in [-0.05, 0) is 31.4 Å². The van der Waals surface area contributed by atoms with E-state index in [1.54, 1.807) is 4.90 Å². The molecule has 0 spiro atoms. The summed E-state index contributed by atoms with van der Waals surface area (Å²) in [7, 11) is 0. The lowest BCUT2D eigenvalue weighted by molar-refractivity contribution is -0.121. The Morgan fingerprint density at radius 1 is 1.22 bits per heavy atom. The number of piperidine rings is 1. The number of benzene rings is 1. The molecule has 2 aromatic rings. The van der Waals surface area contributed by atoms with Gasteiger partial charge in [-0.1, -0.05) is 41.3 Å². The molecule has 7 heteroatoms. The lowest BCUT2D eigenvalue weighted by atomic mass is 10.0. The zero-order chi connectivity index (χ0) is 15.8. The topological polar surface area (TPSA) is 62.3 Å². The third-order valence-corrected chi connectivity index (χ3v) is 6.17. The van der Waals surface area contributed by atoms with Crippen molar-refractivity contribution < 1.29 is 9.59 Å². The minimum atomic E-state index is -0.345. The maximum Gasteiger partial charge on any atom is 0.268 e. The highest BCUT2D eigenvalue weighted by atomic mass is 32.2. The highest BCUT2D eigenvalue weighted by molar-refractivity contribution is 8.01. The fourth-order valence-corrected chi connectivity index (χ4v) is 4.99. The van der Waals surface area contributed by atoms with E-state index >= 15 is 0 Å². The molecule has 5 nitrogen and oxygen atoms in total. The number of hydrogen-bond acceptors (Lipinski definition) is 5. The number of thiazole rings is 1. The second-order valence-corrected chi connectivity index (χ2v) is 7.89. The predicted octanol–water partition coefficient (Wildman–Crippen LogP) is 3.24. The van der Waals surface area contributed by atoms with Crippen molar-refractivity contribution in [1.29, 1.82) is 0 Å². The van der Waals surface area contributed by atoms with Gasteiger partial charge in [0.1, 0.15) is 10.9 Å². The zero-order valence-corrected chi connectivity index (χ0v) is 14.0. The molecule has 1 aromatic heterocycles. The van der Waals surface area contributed by atoms with Crippen LogP contribution < -0.4 is 5.32 Å². The van der Waals surface area contributed by atoms with Crippen LogP contribution in [0.15, 0.2) is 39.6 Å². The normalized spacial score (nSPS) is 20.5. The Morgan fingerprint density at radius 3 is 2.87 bits per heavy atom. The summed E-state index contributed by atoms with van der Waals surface area (Å²) in [5, 5.41) is 2.84. The third kappa shape index (κ3) is 2.74. The van der Waals surface area contributed by atoms with Gasteiger partial charge in [0.2, 0.25) is 5.91 Å². The summed E-state index contributed by atoms with van der Waals surface area (Å²) in [4.78, 5) is 32.9. The molecule has 1 atom stereocenters. The lowest BCUT2D eigenvalue weighted by Crippen LogP contribution is -2.47. The highest BCUT2D eigenvalue weighted by Crippen LogP contribution is 2.38. The fraction of sp³-hybridized carbons (Fsp3) is 0.312. The van der Waals surface area contributed by atoms with Crippen molar-refractivity contribution in [1.82, 2.24) is 9.88 Å². The van der Waals surface area contributed by atoms with Crippen LogP contribution in [0.4, 0.5) is 5.82 Å². The number of fused-ring (bicyclic) bond motifs is 2. The first-order valence-electron chi connectivity index (χ1n) is 7.58. The number of carbonyl (C=O) groups excluding carboxylic acids is 2. The quantitative estimate of drug-likeness (QED) is 0.908. The van der Waals surface area contributed by atoms with E-state index < -0.39 is 0 Å². The van der Waals surface area contributed by atoms with Crippen LogP contribution >= 0.6 is 23.1 Å². The van der Waals surface area contributed by atoms with E-state index in [0.717, 1.165) is 28.5 Å². The molecule has 2 aliphatic rings. The molecule has 0 saturated carbocycles. The van der Waals surface area contributed by atoms with E-state index in [-0.39, 0.29) is 17.9 Å². The van der Waals surface area contributed by atoms with E-state index in [4.69, 9.17) is 0 Å². The Hall–Kier alpha value is -1.86. The molecular weight excluding hydrogens is 330 g/mol. The van der Waals surface area contributed by atoms with Crippen molar-refractivity contribution >= 4 is 40.7 Å². The third-order valence-electron chi connectivity index (χ3n) is 4.06. The summed E-state index contributed by atoms with van der Waals surface area (Å²) in [5.41, 5.74) is 0. The number of rotatable bonds is 2. The van der Waals surface area contributed by atoms with Crippen molar-refractivity contribution in [2.45, 2.75) is 34.5 Å². The molecule has 2 aliphatic heterocycles. The van der Waals surface area contributed by atoms with E-state index in [9.17, 15) is 9.59 Å². The van der Waals surface area contributed by atoms with Crippen LogP contribution in [-0.4, -0.2) is 34.3 Å². The summed E-state index contributed by atoms with van der Waals surface area (Å²) in [6.45, 7) is 0.648. The van der Waals surface area contributed by atoms with Crippen LogP contribution in [-0.2, 0) is 4.79 Å². The van der Waals surface area contributed by atoms with Gasteiger partial charge in [-0.2, -0.15) is 0 Å². The van der Waals surface area contributed by atoms with Gasteiger partial charge >= 0.3 is 0 Å². The molecular formula is C16H15N3O2S2. The van der Waals surface area contributed by atoms with Gasteiger partial charge < -0.3 is 10.2 Å². The molecule has 1 saturated heterocycles.